The van der Waals surface area contributed by atoms with Crippen molar-refractivity contribution in [3.63, 3.8) is 0 Å². The SMILES string of the molecule is O=C1CCC(=O)N(CCCCN2CCN(C(=O)C3CCCO3)CC2)c2ccccc21. The number of nitrogens with zero attached hydrogens (tertiary/aromatic N) is 3. The van der Waals surface area contributed by atoms with E-state index in [4.69, 9.17) is 4.74 Å². The number of benzene rings is 1. The number of ketones is 1. The smallest absolute Gasteiger partial charge is 0.251 e. The van der Waals surface area contributed by atoms with E-state index in [1.54, 1.807) is 4.90 Å². The third-order valence-electron chi connectivity index (χ3n) is 6.36. The number of ether oxygens (including phenoxy) is 1. The zero-order valence-corrected chi connectivity index (χ0v) is 17.6. The summed E-state index contributed by atoms with van der Waals surface area (Å²) in [7, 11) is 0. The van der Waals surface area contributed by atoms with Crippen molar-refractivity contribution in [3.8, 4) is 0 Å². The summed E-state index contributed by atoms with van der Waals surface area (Å²) in [4.78, 5) is 43.4. The van der Waals surface area contributed by atoms with E-state index in [-0.39, 0.29) is 30.1 Å². The molecule has 162 valence electrons. The number of unbranched alkanes of at least 4 members (excludes halogenated alkanes) is 1. The molecule has 0 aliphatic carbocycles. The lowest BCUT2D eigenvalue weighted by atomic mass is 10.1. The van der Waals surface area contributed by atoms with E-state index in [1.807, 2.05) is 29.2 Å². The first kappa shape index (κ1) is 21.0. The molecule has 1 aromatic carbocycles. The Kier molecular flexibility index (Phi) is 6.79. The lowest BCUT2D eigenvalue weighted by Gasteiger charge is -2.35. The average molecular weight is 414 g/mol. The quantitative estimate of drug-likeness (QED) is 0.668. The van der Waals surface area contributed by atoms with E-state index < -0.39 is 0 Å². The first-order chi connectivity index (χ1) is 14.6. The Hall–Kier alpha value is -2.25. The zero-order valence-electron chi connectivity index (χ0n) is 17.6. The summed E-state index contributed by atoms with van der Waals surface area (Å²) < 4.78 is 5.52. The minimum absolute atomic E-state index is 0.0366. The summed E-state index contributed by atoms with van der Waals surface area (Å²) in [5.41, 5.74) is 1.42. The minimum Gasteiger partial charge on any atom is -0.368 e. The highest BCUT2D eigenvalue weighted by Crippen LogP contribution is 2.27. The van der Waals surface area contributed by atoms with Crippen molar-refractivity contribution in [1.82, 2.24) is 9.80 Å². The summed E-state index contributed by atoms with van der Waals surface area (Å²) in [6, 6.07) is 7.43. The van der Waals surface area contributed by atoms with E-state index in [9.17, 15) is 14.4 Å². The van der Waals surface area contributed by atoms with Crippen molar-refractivity contribution in [3.05, 3.63) is 29.8 Å². The van der Waals surface area contributed by atoms with Crippen molar-refractivity contribution in [1.29, 1.82) is 0 Å². The minimum atomic E-state index is -0.225. The van der Waals surface area contributed by atoms with Crippen molar-refractivity contribution in [2.75, 3.05) is 50.8 Å². The van der Waals surface area contributed by atoms with Crippen LogP contribution in [0.25, 0.3) is 0 Å². The molecule has 7 nitrogen and oxygen atoms in total. The Bertz CT molecular complexity index is 782. The lowest BCUT2D eigenvalue weighted by molar-refractivity contribution is -0.142. The molecule has 3 aliphatic rings. The van der Waals surface area contributed by atoms with Gasteiger partial charge >= 0.3 is 0 Å². The number of Topliss-reactive ketones (excluding diaryl/α,β-unsaturated/α-hetero) is 1. The number of para-hydroxylation sites is 1. The molecule has 2 amide bonds. The van der Waals surface area contributed by atoms with Crippen LogP contribution in [0.15, 0.2) is 24.3 Å². The second-order valence-corrected chi connectivity index (χ2v) is 8.36. The average Bonchev–Trinajstić information content (AvgIpc) is 3.28. The fourth-order valence-electron chi connectivity index (χ4n) is 4.59. The van der Waals surface area contributed by atoms with Gasteiger partial charge in [-0.25, -0.2) is 0 Å². The summed E-state index contributed by atoms with van der Waals surface area (Å²) in [5, 5.41) is 0. The molecule has 1 unspecified atom stereocenters. The molecule has 3 aliphatic heterocycles. The molecule has 1 aromatic rings. The van der Waals surface area contributed by atoms with E-state index in [0.717, 1.165) is 64.1 Å². The maximum Gasteiger partial charge on any atom is 0.251 e. The molecule has 0 aromatic heterocycles. The number of carbonyl (C=O) groups is 3. The van der Waals surface area contributed by atoms with Gasteiger partial charge in [0.25, 0.3) is 5.91 Å². The number of fused-ring (bicyclic) bond motifs is 1. The van der Waals surface area contributed by atoms with Gasteiger partial charge in [-0.05, 0) is 44.4 Å². The highest BCUT2D eigenvalue weighted by atomic mass is 16.5. The van der Waals surface area contributed by atoms with Gasteiger partial charge in [-0.1, -0.05) is 12.1 Å². The Labute approximate surface area is 177 Å². The Balaban J connectivity index is 1.22. The Morgan fingerprint density at radius 2 is 1.77 bits per heavy atom. The number of rotatable bonds is 6. The van der Waals surface area contributed by atoms with Crippen molar-refractivity contribution in [2.45, 2.75) is 44.6 Å². The molecule has 0 N–H and O–H groups in total. The second kappa shape index (κ2) is 9.71. The molecule has 2 fully saturated rings. The predicted molar refractivity (Wildman–Crippen MR) is 114 cm³/mol. The van der Waals surface area contributed by atoms with Crippen LogP contribution < -0.4 is 4.90 Å². The number of anilines is 1. The van der Waals surface area contributed by atoms with E-state index >= 15 is 0 Å². The van der Waals surface area contributed by atoms with Crippen LogP contribution in [0.4, 0.5) is 5.69 Å². The molecular weight excluding hydrogens is 382 g/mol. The van der Waals surface area contributed by atoms with Crippen LogP contribution in [-0.4, -0.2) is 79.4 Å². The number of carbonyl (C=O) groups excluding carboxylic acids is 3. The molecular formula is C23H31N3O4. The lowest BCUT2D eigenvalue weighted by Crippen LogP contribution is -2.51. The molecule has 30 heavy (non-hydrogen) atoms. The fraction of sp³-hybridized carbons (Fsp3) is 0.609. The van der Waals surface area contributed by atoms with Crippen LogP contribution >= 0.6 is 0 Å². The van der Waals surface area contributed by atoms with Gasteiger partial charge in [0.1, 0.15) is 6.10 Å². The first-order valence-corrected chi connectivity index (χ1v) is 11.2. The maximum atomic E-state index is 12.5. The summed E-state index contributed by atoms with van der Waals surface area (Å²) in [5.74, 6) is 0.242. The molecule has 0 radical (unpaired) electrons. The van der Waals surface area contributed by atoms with Gasteiger partial charge in [-0.2, -0.15) is 0 Å². The molecule has 1 atom stereocenters. The van der Waals surface area contributed by atoms with Gasteiger partial charge in [-0.3, -0.25) is 19.3 Å². The summed E-state index contributed by atoms with van der Waals surface area (Å²) in [6.45, 7) is 5.61. The third kappa shape index (κ3) is 4.73. The van der Waals surface area contributed by atoms with Gasteiger partial charge in [0, 0.05) is 57.7 Å². The van der Waals surface area contributed by atoms with Crippen molar-refractivity contribution < 1.29 is 19.1 Å². The fourth-order valence-corrected chi connectivity index (χ4v) is 4.59. The van der Waals surface area contributed by atoms with Crippen LogP contribution in [0, 0.1) is 0 Å². The largest absolute Gasteiger partial charge is 0.368 e. The number of hydrogen-bond acceptors (Lipinski definition) is 5. The van der Waals surface area contributed by atoms with Gasteiger partial charge in [0.15, 0.2) is 5.78 Å². The van der Waals surface area contributed by atoms with Crippen LogP contribution in [0.2, 0.25) is 0 Å². The van der Waals surface area contributed by atoms with Gasteiger partial charge in [0.05, 0.1) is 5.69 Å². The summed E-state index contributed by atoms with van der Waals surface area (Å²) in [6.07, 6.45) is 4.06. The van der Waals surface area contributed by atoms with Crippen LogP contribution in [0.1, 0.15) is 48.9 Å². The molecule has 2 saturated heterocycles. The predicted octanol–water partition coefficient (Wildman–Crippen LogP) is 2.10. The highest BCUT2D eigenvalue weighted by Gasteiger charge is 2.30. The number of hydrogen-bond donors (Lipinski definition) is 0. The van der Waals surface area contributed by atoms with Gasteiger partial charge in [-0.15, -0.1) is 0 Å². The van der Waals surface area contributed by atoms with E-state index in [0.29, 0.717) is 25.1 Å². The number of amides is 2. The summed E-state index contributed by atoms with van der Waals surface area (Å²) >= 11 is 0. The molecule has 4 rings (SSSR count). The molecule has 0 spiro atoms. The van der Waals surface area contributed by atoms with Crippen LogP contribution in [0.3, 0.4) is 0 Å². The maximum absolute atomic E-state index is 12.5. The topological polar surface area (TPSA) is 70.2 Å². The highest BCUT2D eigenvalue weighted by molar-refractivity contribution is 6.10. The monoisotopic (exact) mass is 413 g/mol. The van der Waals surface area contributed by atoms with Crippen molar-refractivity contribution in [2.24, 2.45) is 0 Å². The van der Waals surface area contributed by atoms with Crippen LogP contribution in [0.5, 0.6) is 0 Å². The van der Waals surface area contributed by atoms with E-state index in [1.165, 1.54) is 0 Å². The molecule has 7 heteroatoms. The standard InChI is InChI=1S/C23H31N3O4/c27-20-9-10-22(28)26(19-7-2-1-6-18(19)20)12-4-3-11-24-13-15-25(16-14-24)23(29)21-8-5-17-30-21/h1-2,6-7,21H,3-5,8-17H2. The van der Waals surface area contributed by atoms with Crippen molar-refractivity contribution >= 4 is 23.3 Å². The first-order valence-electron chi connectivity index (χ1n) is 11.2. The number of piperazine rings is 1. The Morgan fingerprint density at radius 3 is 2.53 bits per heavy atom. The van der Waals surface area contributed by atoms with E-state index in [2.05, 4.69) is 4.90 Å². The molecule has 0 bridgehead atoms. The Morgan fingerprint density at radius 1 is 1.00 bits per heavy atom. The van der Waals surface area contributed by atoms with Gasteiger partial charge < -0.3 is 14.5 Å². The third-order valence-corrected chi connectivity index (χ3v) is 6.36. The molecule has 0 saturated carbocycles. The second-order valence-electron chi connectivity index (χ2n) is 8.36. The molecule has 3 heterocycles. The van der Waals surface area contributed by atoms with Gasteiger partial charge in [0.2, 0.25) is 5.91 Å². The normalized spacial score (nSPS) is 22.9. The van der Waals surface area contributed by atoms with Crippen LogP contribution in [-0.2, 0) is 14.3 Å². The zero-order chi connectivity index (χ0) is 20.9.